The van der Waals surface area contributed by atoms with Crippen LogP contribution in [0.1, 0.15) is 15.8 Å². The van der Waals surface area contributed by atoms with Crippen LogP contribution in [0.15, 0.2) is 53.2 Å². The van der Waals surface area contributed by atoms with Gasteiger partial charge in [-0.2, -0.15) is 0 Å². The van der Waals surface area contributed by atoms with Crippen molar-refractivity contribution in [1.82, 2.24) is 0 Å². The minimum Gasteiger partial charge on any atom is -0.373 e. The number of hydrogen-bond acceptors (Lipinski definition) is 3. The number of anilines is 1. The molecule has 0 atom stereocenters. The second-order valence-electron chi connectivity index (χ2n) is 4.24. The molecule has 2 aromatic heterocycles. The first-order valence-corrected chi connectivity index (χ1v) is 8.54. The quantitative estimate of drug-likeness (QED) is 0.586. The van der Waals surface area contributed by atoms with Crippen LogP contribution in [0.2, 0.25) is 10.0 Å². The third kappa shape index (κ3) is 3.01. The summed E-state index contributed by atoms with van der Waals surface area (Å²) in [7, 11) is 0. The molecule has 0 bridgehead atoms. The molecule has 0 aliphatic carbocycles. The largest absolute Gasteiger partial charge is 0.373 e. The smallest absolute Gasteiger partial charge is 0.0953 e. The predicted octanol–water partition coefficient (Wildman–Crippen LogP) is 6.32. The van der Waals surface area contributed by atoms with Crippen molar-refractivity contribution < 1.29 is 0 Å². The standard InChI is InChI=1S/C15H11Cl2NS2/c16-11-6-5-10(9-12(11)17)18-15(13-3-1-7-19-13)14-4-2-8-20-14/h1-9,15,18H. The minimum absolute atomic E-state index is 0.146. The average Bonchev–Trinajstić information content (AvgIpc) is 3.12. The van der Waals surface area contributed by atoms with Gasteiger partial charge in [0.2, 0.25) is 0 Å². The first-order chi connectivity index (χ1) is 9.74. The summed E-state index contributed by atoms with van der Waals surface area (Å²) in [4.78, 5) is 2.55. The van der Waals surface area contributed by atoms with Crippen molar-refractivity contribution in [2.45, 2.75) is 6.04 Å². The summed E-state index contributed by atoms with van der Waals surface area (Å²) in [5.41, 5.74) is 0.964. The maximum Gasteiger partial charge on any atom is 0.0953 e. The van der Waals surface area contributed by atoms with Crippen molar-refractivity contribution in [1.29, 1.82) is 0 Å². The first-order valence-electron chi connectivity index (χ1n) is 6.02. The van der Waals surface area contributed by atoms with Gasteiger partial charge in [0.15, 0.2) is 0 Å². The molecular weight excluding hydrogens is 329 g/mol. The molecular formula is C15H11Cl2NS2. The number of benzene rings is 1. The second kappa shape index (κ2) is 6.19. The van der Waals surface area contributed by atoms with E-state index in [4.69, 9.17) is 23.2 Å². The molecule has 102 valence electrons. The summed E-state index contributed by atoms with van der Waals surface area (Å²) in [6.07, 6.45) is 0. The van der Waals surface area contributed by atoms with Crippen LogP contribution in [0.5, 0.6) is 0 Å². The highest BCUT2D eigenvalue weighted by atomic mass is 35.5. The second-order valence-corrected chi connectivity index (χ2v) is 7.01. The van der Waals surface area contributed by atoms with Crippen LogP contribution in [-0.2, 0) is 0 Å². The van der Waals surface area contributed by atoms with Gasteiger partial charge in [-0.15, -0.1) is 22.7 Å². The van der Waals surface area contributed by atoms with Crippen LogP contribution in [0, 0.1) is 0 Å². The van der Waals surface area contributed by atoms with E-state index in [1.54, 1.807) is 22.7 Å². The fourth-order valence-electron chi connectivity index (χ4n) is 1.95. The molecule has 0 amide bonds. The lowest BCUT2D eigenvalue weighted by atomic mass is 10.2. The van der Waals surface area contributed by atoms with E-state index in [2.05, 4.69) is 40.3 Å². The van der Waals surface area contributed by atoms with Gasteiger partial charge in [-0.25, -0.2) is 0 Å². The normalized spacial score (nSPS) is 10.9. The lowest BCUT2D eigenvalue weighted by Gasteiger charge is -2.18. The van der Waals surface area contributed by atoms with Crippen molar-refractivity contribution in [2.24, 2.45) is 0 Å². The Morgan fingerprint density at radius 2 is 1.50 bits per heavy atom. The molecule has 0 saturated heterocycles. The number of thiophene rings is 2. The molecule has 0 spiro atoms. The lowest BCUT2D eigenvalue weighted by Crippen LogP contribution is -2.09. The molecule has 0 fully saturated rings. The van der Waals surface area contributed by atoms with E-state index in [1.807, 2.05) is 18.2 Å². The predicted molar refractivity (Wildman–Crippen MR) is 90.6 cm³/mol. The summed E-state index contributed by atoms with van der Waals surface area (Å²) >= 11 is 15.5. The molecule has 0 aliphatic heterocycles. The van der Waals surface area contributed by atoms with Gasteiger partial charge in [0.1, 0.15) is 0 Å². The zero-order chi connectivity index (χ0) is 13.9. The Hall–Kier alpha value is -1.00. The highest BCUT2D eigenvalue weighted by Gasteiger charge is 2.16. The maximum atomic E-state index is 6.08. The summed E-state index contributed by atoms with van der Waals surface area (Å²) < 4.78 is 0. The molecule has 1 nitrogen and oxygen atoms in total. The van der Waals surface area contributed by atoms with E-state index in [9.17, 15) is 0 Å². The molecule has 3 aromatic rings. The number of nitrogens with one attached hydrogen (secondary N) is 1. The topological polar surface area (TPSA) is 12.0 Å². The lowest BCUT2D eigenvalue weighted by molar-refractivity contribution is 0.993. The van der Waals surface area contributed by atoms with Crippen molar-refractivity contribution in [3.05, 3.63) is 73.0 Å². The van der Waals surface area contributed by atoms with E-state index in [-0.39, 0.29) is 6.04 Å². The summed E-state index contributed by atoms with van der Waals surface area (Å²) in [5, 5.41) is 8.84. The zero-order valence-corrected chi connectivity index (χ0v) is 13.5. The van der Waals surface area contributed by atoms with Crippen LogP contribution in [-0.4, -0.2) is 0 Å². The summed E-state index contributed by atoms with van der Waals surface area (Å²) in [6.45, 7) is 0. The van der Waals surface area contributed by atoms with Gasteiger partial charge in [-0.1, -0.05) is 35.3 Å². The van der Waals surface area contributed by atoms with E-state index in [0.29, 0.717) is 10.0 Å². The first kappa shape index (κ1) is 14.0. The summed E-state index contributed by atoms with van der Waals surface area (Å²) in [5.74, 6) is 0. The molecule has 20 heavy (non-hydrogen) atoms. The molecule has 0 aliphatic rings. The molecule has 0 radical (unpaired) electrons. The highest BCUT2D eigenvalue weighted by molar-refractivity contribution is 7.11. The Labute approximate surface area is 135 Å². The monoisotopic (exact) mass is 339 g/mol. The van der Waals surface area contributed by atoms with Crippen LogP contribution < -0.4 is 5.32 Å². The van der Waals surface area contributed by atoms with E-state index in [1.165, 1.54) is 9.75 Å². The van der Waals surface area contributed by atoms with Crippen molar-refractivity contribution in [3.63, 3.8) is 0 Å². The molecule has 1 aromatic carbocycles. The molecule has 1 N–H and O–H groups in total. The summed E-state index contributed by atoms with van der Waals surface area (Å²) in [6, 6.07) is 14.2. The molecule has 2 heterocycles. The van der Waals surface area contributed by atoms with Crippen molar-refractivity contribution in [3.8, 4) is 0 Å². The van der Waals surface area contributed by atoms with Gasteiger partial charge in [-0.05, 0) is 41.1 Å². The Kier molecular flexibility index (Phi) is 4.32. The minimum atomic E-state index is 0.146. The van der Waals surface area contributed by atoms with E-state index >= 15 is 0 Å². The molecule has 5 heteroatoms. The third-order valence-corrected chi connectivity index (χ3v) is 5.50. The average molecular weight is 340 g/mol. The van der Waals surface area contributed by atoms with Gasteiger partial charge >= 0.3 is 0 Å². The fraction of sp³-hybridized carbons (Fsp3) is 0.0667. The fourth-order valence-corrected chi connectivity index (χ4v) is 3.91. The van der Waals surface area contributed by atoms with Crippen LogP contribution in [0.4, 0.5) is 5.69 Å². The Bertz CT molecular complexity index is 644. The zero-order valence-electron chi connectivity index (χ0n) is 10.3. The van der Waals surface area contributed by atoms with Crippen molar-refractivity contribution >= 4 is 51.6 Å². The van der Waals surface area contributed by atoms with Gasteiger partial charge in [0.05, 0.1) is 16.1 Å². The van der Waals surface area contributed by atoms with E-state index in [0.717, 1.165) is 5.69 Å². The Morgan fingerprint density at radius 1 is 0.850 bits per heavy atom. The SMILES string of the molecule is Clc1ccc(NC(c2cccs2)c2cccs2)cc1Cl. The van der Waals surface area contributed by atoms with Crippen LogP contribution in [0.25, 0.3) is 0 Å². The Balaban J connectivity index is 1.92. The molecule has 3 rings (SSSR count). The van der Waals surface area contributed by atoms with Gasteiger partial charge in [0.25, 0.3) is 0 Å². The number of hydrogen-bond donors (Lipinski definition) is 1. The van der Waals surface area contributed by atoms with Crippen molar-refractivity contribution in [2.75, 3.05) is 5.32 Å². The van der Waals surface area contributed by atoms with E-state index < -0.39 is 0 Å². The van der Waals surface area contributed by atoms with Crippen LogP contribution in [0.3, 0.4) is 0 Å². The van der Waals surface area contributed by atoms with Crippen LogP contribution >= 0.6 is 45.9 Å². The molecule has 0 unspecified atom stereocenters. The van der Waals surface area contributed by atoms with Gasteiger partial charge in [0, 0.05) is 15.4 Å². The number of halogens is 2. The van der Waals surface area contributed by atoms with Gasteiger partial charge < -0.3 is 5.32 Å². The molecule has 0 saturated carbocycles. The number of rotatable bonds is 4. The maximum absolute atomic E-state index is 6.08. The van der Waals surface area contributed by atoms with Gasteiger partial charge in [-0.3, -0.25) is 0 Å². The third-order valence-electron chi connectivity index (χ3n) is 2.89. The Morgan fingerprint density at radius 3 is 2.00 bits per heavy atom. The highest BCUT2D eigenvalue weighted by Crippen LogP contribution is 2.34.